The standard InChI is InChI=1S/C21H17BrN2O/c1-14-3-10-18(11-4-14)23-24-20-12-5-15(2)13-19(20)21(25)16-6-8-17(22)9-7-16/h3-13H,1-2H3. The van der Waals surface area contributed by atoms with E-state index in [1.54, 1.807) is 12.1 Å². The third-order valence-electron chi connectivity index (χ3n) is 3.81. The van der Waals surface area contributed by atoms with Crippen molar-refractivity contribution in [1.29, 1.82) is 0 Å². The Balaban J connectivity index is 1.96. The molecular weight excluding hydrogens is 376 g/mol. The second-order valence-electron chi connectivity index (χ2n) is 5.89. The zero-order valence-electron chi connectivity index (χ0n) is 14.0. The molecule has 3 nitrogen and oxygen atoms in total. The Labute approximate surface area is 155 Å². The quantitative estimate of drug-likeness (QED) is 0.359. The fourth-order valence-corrected chi connectivity index (χ4v) is 2.66. The summed E-state index contributed by atoms with van der Waals surface area (Å²) in [7, 11) is 0. The summed E-state index contributed by atoms with van der Waals surface area (Å²) in [4.78, 5) is 12.9. The number of hydrogen-bond acceptors (Lipinski definition) is 3. The smallest absolute Gasteiger partial charge is 0.195 e. The normalized spacial score (nSPS) is 11.0. The molecule has 3 aromatic rings. The first kappa shape index (κ1) is 17.2. The van der Waals surface area contributed by atoms with Gasteiger partial charge in [0.05, 0.1) is 16.9 Å². The Morgan fingerprint density at radius 2 is 1.44 bits per heavy atom. The minimum absolute atomic E-state index is 0.0611. The van der Waals surface area contributed by atoms with E-state index < -0.39 is 0 Å². The van der Waals surface area contributed by atoms with Crippen molar-refractivity contribution in [2.75, 3.05) is 0 Å². The molecule has 25 heavy (non-hydrogen) atoms. The van der Waals surface area contributed by atoms with Gasteiger partial charge in [0.15, 0.2) is 5.78 Å². The number of hydrogen-bond donors (Lipinski definition) is 0. The molecule has 0 N–H and O–H groups in total. The number of halogens is 1. The van der Waals surface area contributed by atoms with E-state index in [4.69, 9.17) is 0 Å². The third kappa shape index (κ3) is 4.28. The first-order valence-electron chi connectivity index (χ1n) is 7.92. The zero-order valence-corrected chi connectivity index (χ0v) is 15.6. The molecule has 0 spiro atoms. The molecule has 0 aliphatic heterocycles. The molecule has 0 saturated carbocycles. The van der Waals surface area contributed by atoms with Crippen molar-refractivity contribution in [2.45, 2.75) is 13.8 Å². The number of ketones is 1. The maximum Gasteiger partial charge on any atom is 0.195 e. The molecule has 0 radical (unpaired) electrons. The Bertz CT molecular complexity index is 929. The lowest BCUT2D eigenvalue weighted by atomic mass is 10.00. The second-order valence-corrected chi connectivity index (χ2v) is 6.81. The van der Waals surface area contributed by atoms with Gasteiger partial charge < -0.3 is 0 Å². The van der Waals surface area contributed by atoms with Gasteiger partial charge in [-0.3, -0.25) is 4.79 Å². The summed E-state index contributed by atoms with van der Waals surface area (Å²) < 4.78 is 0.938. The number of nitrogens with zero attached hydrogens (tertiary/aromatic N) is 2. The predicted octanol–water partition coefficient (Wildman–Crippen LogP) is 6.71. The van der Waals surface area contributed by atoms with Crippen LogP contribution in [0.2, 0.25) is 0 Å². The summed E-state index contributed by atoms with van der Waals surface area (Å²) in [6.45, 7) is 3.98. The van der Waals surface area contributed by atoms with Gasteiger partial charge in [-0.1, -0.05) is 45.3 Å². The Hall–Kier alpha value is -2.59. The molecule has 3 aromatic carbocycles. The largest absolute Gasteiger partial charge is 0.289 e. The molecule has 124 valence electrons. The van der Waals surface area contributed by atoms with Crippen LogP contribution in [0.5, 0.6) is 0 Å². The summed E-state index contributed by atoms with van der Waals surface area (Å²) in [6.07, 6.45) is 0. The highest BCUT2D eigenvalue weighted by Crippen LogP contribution is 2.26. The van der Waals surface area contributed by atoms with Gasteiger partial charge in [-0.15, -0.1) is 5.11 Å². The topological polar surface area (TPSA) is 41.8 Å². The van der Waals surface area contributed by atoms with Gasteiger partial charge in [-0.25, -0.2) is 0 Å². The molecule has 0 atom stereocenters. The van der Waals surface area contributed by atoms with Crippen molar-refractivity contribution in [3.8, 4) is 0 Å². The minimum Gasteiger partial charge on any atom is -0.289 e. The van der Waals surface area contributed by atoms with Crippen molar-refractivity contribution < 1.29 is 4.79 Å². The molecular formula is C21H17BrN2O. The van der Waals surface area contributed by atoms with Crippen molar-refractivity contribution in [3.63, 3.8) is 0 Å². The first-order valence-corrected chi connectivity index (χ1v) is 8.71. The monoisotopic (exact) mass is 392 g/mol. The first-order chi connectivity index (χ1) is 12.0. The van der Waals surface area contributed by atoms with Crippen LogP contribution in [0.3, 0.4) is 0 Å². The molecule has 0 saturated heterocycles. The van der Waals surface area contributed by atoms with Gasteiger partial charge in [-0.2, -0.15) is 5.11 Å². The van der Waals surface area contributed by atoms with Gasteiger partial charge in [0, 0.05) is 10.0 Å². The van der Waals surface area contributed by atoms with Crippen molar-refractivity contribution in [1.82, 2.24) is 0 Å². The highest BCUT2D eigenvalue weighted by Gasteiger charge is 2.14. The number of carbonyl (C=O) groups is 1. The molecule has 0 aliphatic rings. The van der Waals surface area contributed by atoms with Crippen LogP contribution in [0.15, 0.2) is 81.4 Å². The molecule has 0 aliphatic carbocycles. The number of benzene rings is 3. The van der Waals surface area contributed by atoms with E-state index in [9.17, 15) is 4.79 Å². The average Bonchev–Trinajstić information content (AvgIpc) is 2.62. The van der Waals surface area contributed by atoms with Crippen molar-refractivity contribution in [3.05, 3.63) is 93.5 Å². The molecule has 0 aromatic heterocycles. The Morgan fingerprint density at radius 1 is 0.800 bits per heavy atom. The molecule has 3 rings (SSSR count). The Morgan fingerprint density at radius 3 is 2.12 bits per heavy atom. The van der Waals surface area contributed by atoms with E-state index in [-0.39, 0.29) is 5.78 Å². The van der Waals surface area contributed by atoms with Crippen LogP contribution in [-0.4, -0.2) is 5.78 Å². The van der Waals surface area contributed by atoms with E-state index in [0.29, 0.717) is 16.8 Å². The van der Waals surface area contributed by atoms with Gasteiger partial charge >= 0.3 is 0 Å². The van der Waals surface area contributed by atoms with Crippen molar-refractivity contribution >= 4 is 33.1 Å². The fraction of sp³-hybridized carbons (Fsp3) is 0.0952. The maximum atomic E-state index is 12.9. The number of carbonyl (C=O) groups excluding carboxylic acids is 1. The summed E-state index contributed by atoms with van der Waals surface area (Å²) in [6, 6.07) is 20.7. The third-order valence-corrected chi connectivity index (χ3v) is 4.34. The van der Waals surface area contributed by atoms with E-state index in [0.717, 1.165) is 15.7 Å². The molecule has 4 heteroatoms. The zero-order chi connectivity index (χ0) is 17.8. The average molecular weight is 393 g/mol. The van der Waals surface area contributed by atoms with E-state index in [2.05, 4.69) is 26.2 Å². The van der Waals surface area contributed by atoms with Crippen LogP contribution in [0, 0.1) is 13.8 Å². The molecule has 0 unspecified atom stereocenters. The molecule has 0 heterocycles. The molecule has 0 fully saturated rings. The summed E-state index contributed by atoms with van der Waals surface area (Å²) >= 11 is 3.39. The lowest BCUT2D eigenvalue weighted by Crippen LogP contribution is -2.02. The van der Waals surface area contributed by atoms with E-state index in [1.165, 1.54) is 5.56 Å². The lowest BCUT2D eigenvalue weighted by Gasteiger charge is -2.06. The lowest BCUT2D eigenvalue weighted by molar-refractivity contribution is 0.103. The van der Waals surface area contributed by atoms with E-state index >= 15 is 0 Å². The number of rotatable bonds is 4. The predicted molar refractivity (Wildman–Crippen MR) is 104 cm³/mol. The number of aryl methyl sites for hydroxylation is 2. The van der Waals surface area contributed by atoms with Gasteiger partial charge in [0.2, 0.25) is 0 Å². The highest BCUT2D eigenvalue weighted by molar-refractivity contribution is 9.10. The molecule has 0 bridgehead atoms. The van der Waals surface area contributed by atoms with Crippen LogP contribution < -0.4 is 0 Å². The van der Waals surface area contributed by atoms with Gasteiger partial charge in [-0.05, 0) is 62.4 Å². The van der Waals surface area contributed by atoms with Crippen LogP contribution in [0.4, 0.5) is 11.4 Å². The summed E-state index contributed by atoms with van der Waals surface area (Å²) in [5, 5.41) is 8.57. The summed E-state index contributed by atoms with van der Waals surface area (Å²) in [5.74, 6) is -0.0611. The minimum atomic E-state index is -0.0611. The SMILES string of the molecule is Cc1ccc(N=Nc2ccc(C)cc2C(=O)c2ccc(Br)cc2)cc1. The van der Waals surface area contributed by atoms with E-state index in [1.807, 2.05) is 68.4 Å². The fourth-order valence-electron chi connectivity index (χ4n) is 2.40. The highest BCUT2D eigenvalue weighted by atomic mass is 79.9. The molecule has 0 amide bonds. The van der Waals surface area contributed by atoms with Crippen LogP contribution >= 0.6 is 15.9 Å². The Kier molecular flexibility index (Phi) is 5.19. The van der Waals surface area contributed by atoms with Crippen LogP contribution in [-0.2, 0) is 0 Å². The van der Waals surface area contributed by atoms with Crippen LogP contribution in [0.25, 0.3) is 0 Å². The summed E-state index contributed by atoms with van der Waals surface area (Å²) in [5.41, 5.74) is 4.68. The van der Waals surface area contributed by atoms with Gasteiger partial charge in [0.25, 0.3) is 0 Å². The maximum absolute atomic E-state index is 12.9. The number of azo groups is 1. The van der Waals surface area contributed by atoms with Crippen molar-refractivity contribution in [2.24, 2.45) is 10.2 Å². The second kappa shape index (κ2) is 7.53. The van der Waals surface area contributed by atoms with Crippen LogP contribution in [0.1, 0.15) is 27.0 Å². The van der Waals surface area contributed by atoms with Gasteiger partial charge in [0.1, 0.15) is 0 Å².